The zero-order valence-electron chi connectivity index (χ0n) is 46.7. The molecule has 6 aromatic rings. The second-order valence-electron chi connectivity index (χ2n) is 23.6. The van der Waals surface area contributed by atoms with Crippen molar-refractivity contribution in [2.45, 2.75) is 140 Å². The molecular weight excluding hydrogens is 1050 g/mol. The first kappa shape index (κ1) is 54.6. The van der Waals surface area contributed by atoms with Crippen LogP contribution in [0.15, 0.2) is 83.1 Å². The van der Waals surface area contributed by atoms with Crippen LogP contribution in [0.1, 0.15) is 108 Å². The molecule has 5 saturated heterocycles. The van der Waals surface area contributed by atoms with Crippen LogP contribution in [-0.2, 0) is 14.3 Å². The fraction of sp³-hybridized carbons (Fsp3) is 0.533. The Morgan fingerprint density at radius 2 is 1.62 bits per heavy atom. The number of aryl methyl sites for hydroxylation is 1. The number of fused-ring (bicyclic) bond motifs is 2. The van der Waals surface area contributed by atoms with Crippen molar-refractivity contribution >= 4 is 46.2 Å². The van der Waals surface area contributed by atoms with Gasteiger partial charge in [-0.1, -0.05) is 37.2 Å². The van der Waals surface area contributed by atoms with Gasteiger partial charge in [0, 0.05) is 119 Å². The number of piperidine rings is 2. The van der Waals surface area contributed by atoms with Crippen LogP contribution in [0.5, 0.6) is 11.6 Å². The first-order chi connectivity index (χ1) is 39.3. The summed E-state index contributed by atoms with van der Waals surface area (Å²) in [6.07, 6.45) is 11.5. The van der Waals surface area contributed by atoms with Crippen LogP contribution in [0, 0.1) is 18.8 Å². The van der Waals surface area contributed by atoms with Crippen LogP contribution in [-0.4, -0.2) is 157 Å². The number of likely N-dealkylation sites (tertiary alicyclic amines) is 2. The second kappa shape index (κ2) is 23.5. The number of carbonyl (C=O) groups is 2. The molecule has 10 heterocycles. The number of anilines is 4. The lowest BCUT2D eigenvalue weighted by atomic mass is 9.91. The quantitative estimate of drug-likeness (QED) is 0.0697. The number of aliphatic hydroxyl groups is 1. The molecule has 6 aliphatic rings. The van der Waals surface area contributed by atoms with Gasteiger partial charge in [-0.2, -0.15) is 0 Å². The summed E-state index contributed by atoms with van der Waals surface area (Å²) in [5.74, 6) is 1.64. The van der Waals surface area contributed by atoms with Crippen molar-refractivity contribution in [1.82, 2.24) is 45.4 Å². The maximum atomic E-state index is 14.4. The molecule has 1 saturated carbocycles. The number of amides is 2. The highest BCUT2D eigenvalue weighted by Crippen LogP contribution is 2.41. The van der Waals surface area contributed by atoms with E-state index in [-0.39, 0.29) is 60.8 Å². The van der Waals surface area contributed by atoms with Gasteiger partial charge in [-0.25, -0.2) is 9.97 Å². The molecule has 0 radical (unpaired) electrons. The van der Waals surface area contributed by atoms with Gasteiger partial charge in [-0.15, -0.1) is 21.5 Å². The Morgan fingerprint density at radius 3 is 2.33 bits per heavy atom. The number of carbonyl (C=O) groups excluding carboxylic acids is 2. The van der Waals surface area contributed by atoms with E-state index in [2.05, 4.69) is 67.4 Å². The van der Waals surface area contributed by atoms with Crippen molar-refractivity contribution in [2.75, 3.05) is 72.8 Å². The zero-order chi connectivity index (χ0) is 55.9. The van der Waals surface area contributed by atoms with Gasteiger partial charge in [0.15, 0.2) is 17.4 Å². The number of pyridine rings is 2. The molecule has 428 valence electrons. The normalized spacial score (nSPS) is 24.4. The summed E-state index contributed by atoms with van der Waals surface area (Å²) in [6.45, 7) is 14.3. The average Bonchev–Trinajstić information content (AvgIpc) is 4.28. The average molecular weight is 1120 g/mol. The Balaban J connectivity index is 0.564. The van der Waals surface area contributed by atoms with Crippen molar-refractivity contribution < 1.29 is 33.8 Å². The van der Waals surface area contributed by atoms with Gasteiger partial charge >= 0.3 is 0 Å². The molecule has 5 aliphatic heterocycles. The lowest BCUT2D eigenvalue weighted by Gasteiger charge is -2.43. The number of nitrogens with zero attached hydrogens (tertiary/aromatic N) is 11. The molecule has 6 atom stereocenters. The van der Waals surface area contributed by atoms with E-state index in [1.165, 1.54) is 16.2 Å². The summed E-state index contributed by atoms with van der Waals surface area (Å²) in [5, 5.41) is 37.4. The van der Waals surface area contributed by atoms with Crippen LogP contribution in [0.4, 0.5) is 23.0 Å². The maximum absolute atomic E-state index is 14.4. The molecule has 6 fully saturated rings. The number of piperazine rings is 1. The van der Waals surface area contributed by atoms with Crippen LogP contribution < -0.4 is 30.5 Å². The molecule has 0 spiro atoms. The molecule has 1 unspecified atom stereocenters. The first-order valence-electron chi connectivity index (χ1n) is 29.1. The van der Waals surface area contributed by atoms with E-state index in [1.807, 2.05) is 70.3 Å². The molecule has 12 rings (SSSR count). The summed E-state index contributed by atoms with van der Waals surface area (Å²) in [6, 6.07) is 18.5. The molecule has 5 N–H and O–H groups in total. The number of aromatic hydroxyl groups is 1. The number of nitrogens with one attached hydrogen (secondary N) is 1. The number of aliphatic hydroxyl groups excluding tert-OH is 1. The standard InChI is InChI=1S/C60H75N13O7S/c1-35(2)56(60(77)72-33-43(74)24-51(72)59(76)65-36(3)39-9-12-48(63-29-39)57-37(4)64-34-81-57)53-28-54(68-80-53)70-21-14-38(15-22-70)30-69-19-16-44(17-20-69)78-45-25-46(26-45)79-55-23-40(13-18-62-55)73-41-10-11-42(73)32-71(31-41)50-27-49(66-67-58(50)61)47-7-5-6-8-52(47)75/h5-9,12-13,18,23,27-29,34-36,38,41-46,51,56,74-75H,10-11,14-17,19-22,24-26,30-33H2,1-4H3,(H2,61,67)(H,65,76)/t36-,41+,42?,43+,45?,46?,51-,56+/m0/s1. The number of para-hydroxylation sites is 1. The Bertz CT molecular complexity index is 3140. The molecule has 2 bridgehead atoms. The number of ether oxygens (including phenoxy) is 2. The first-order valence-corrected chi connectivity index (χ1v) is 30.0. The fourth-order valence-corrected chi connectivity index (χ4v) is 14.0. The number of thiazole rings is 1. The van der Waals surface area contributed by atoms with E-state index in [1.54, 1.807) is 23.8 Å². The van der Waals surface area contributed by atoms with Gasteiger partial charge in [0.1, 0.15) is 23.8 Å². The lowest BCUT2D eigenvalue weighted by molar-refractivity contribution is -0.141. The van der Waals surface area contributed by atoms with E-state index >= 15 is 0 Å². The Kier molecular flexibility index (Phi) is 15.9. The number of hydrogen-bond donors (Lipinski definition) is 4. The van der Waals surface area contributed by atoms with Gasteiger partial charge in [0.2, 0.25) is 17.7 Å². The number of β-amino-alcohol motifs (C(OH)–C–C–N with tert-alkyl or cyclic N) is 1. The molecule has 21 heteroatoms. The third-order valence-corrected chi connectivity index (χ3v) is 18.7. The summed E-state index contributed by atoms with van der Waals surface area (Å²) < 4.78 is 19.0. The van der Waals surface area contributed by atoms with Crippen LogP contribution >= 0.6 is 11.3 Å². The Morgan fingerprint density at radius 1 is 0.840 bits per heavy atom. The zero-order valence-corrected chi connectivity index (χ0v) is 47.5. The molecule has 20 nitrogen and oxygen atoms in total. The number of nitrogens with two attached hydrogens (primary N) is 1. The van der Waals surface area contributed by atoms with E-state index in [4.69, 9.17) is 19.7 Å². The molecule has 81 heavy (non-hydrogen) atoms. The Hall–Kier alpha value is -6.94. The summed E-state index contributed by atoms with van der Waals surface area (Å²) in [7, 11) is 0. The van der Waals surface area contributed by atoms with Gasteiger partial charge < -0.3 is 59.8 Å². The SMILES string of the molecule is Cc1ncsc1-c1ccc([C@H](C)NC(=O)[C@@H]2C[C@@H](O)CN2C(=O)[C@@H](c2cc(N3CCC(CN4CCC(OC5CC(Oc6cc(N7C8CC[C@@H]7CN(c7cc(-c9ccccc9O)nnc7N)C8)ccn6)C5)CC4)CC3)no2)C(C)C)cn1. The van der Waals surface area contributed by atoms with Crippen molar-refractivity contribution in [3.63, 3.8) is 0 Å². The highest BCUT2D eigenvalue weighted by Gasteiger charge is 2.45. The van der Waals surface area contributed by atoms with E-state index < -0.39 is 18.1 Å². The molecule has 1 aliphatic carbocycles. The highest BCUT2D eigenvalue weighted by molar-refractivity contribution is 7.13. The van der Waals surface area contributed by atoms with Crippen molar-refractivity contribution in [3.8, 4) is 33.5 Å². The highest BCUT2D eigenvalue weighted by atomic mass is 32.1. The second-order valence-corrected chi connectivity index (χ2v) is 24.5. The van der Waals surface area contributed by atoms with E-state index in [9.17, 15) is 19.8 Å². The topological polar surface area (TPSA) is 238 Å². The van der Waals surface area contributed by atoms with Gasteiger partial charge in [-0.05, 0) is 100 Å². The number of nitrogen functional groups attached to an aromatic ring is 1. The van der Waals surface area contributed by atoms with Gasteiger partial charge in [-0.3, -0.25) is 14.6 Å². The molecule has 5 aromatic heterocycles. The fourth-order valence-electron chi connectivity index (χ4n) is 13.2. The van der Waals surface area contributed by atoms with Gasteiger partial charge in [0.25, 0.3) is 0 Å². The van der Waals surface area contributed by atoms with Crippen molar-refractivity contribution in [3.05, 3.63) is 95.6 Å². The molecule has 1 aromatic carbocycles. The maximum Gasteiger partial charge on any atom is 0.243 e. The van der Waals surface area contributed by atoms with Crippen LogP contribution in [0.2, 0.25) is 0 Å². The third-order valence-electron chi connectivity index (χ3n) is 17.8. The van der Waals surface area contributed by atoms with Crippen molar-refractivity contribution in [1.29, 1.82) is 0 Å². The number of benzene rings is 1. The van der Waals surface area contributed by atoms with Crippen LogP contribution in [0.25, 0.3) is 21.8 Å². The summed E-state index contributed by atoms with van der Waals surface area (Å²) in [5.41, 5.74) is 14.0. The Labute approximate surface area is 477 Å². The lowest BCUT2D eigenvalue weighted by Crippen LogP contribution is -2.54. The molecule has 2 amide bonds. The van der Waals surface area contributed by atoms with E-state index in [0.717, 1.165) is 136 Å². The van der Waals surface area contributed by atoms with E-state index in [0.29, 0.717) is 46.7 Å². The third kappa shape index (κ3) is 11.8. The largest absolute Gasteiger partial charge is 0.507 e. The summed E-state index contributed by atoms with van der Waals surface area (Å²) in [4.78, 5) is 54.0. The minimum atomic E-state index is -0.821. The number of hydrogen-bond acceptors (Lipinski definition) is 19. The molecular formula is C60H75N13O7S. The number of phenolic OH excluding ortho intramolecular Hbond substituents is 1. The smallest absolute Gasteiger partial charge is 0.243 e. The monoisotopic (exact) mass is 1120 g/mol. The number of phenols is 1. The minimum absolute atomic E-state index is 0.0721. The van der Waals surface area contributed by atoms with Gasteiger partial charge in [0.05, 0.1) is 57.5 Å². The van der Waals surface area contributed by atoms with Crippen LogP contribution in [0.3, 0.4) is 0 Å². The predicted molar refractivity (Wildman–Crippen MR) is 309 cm³/mol. The summed E-state index contributed by atoms with van der Waals surface area (Å²) >= 11 is 1.54. The minimum Gasteiger partial charge on any atom is -0.507 e. The predicted octanol–water partition coefficient (Wildman–Crippen LogP) is 7.39. The number of rotatable bonds is 17. The van der Waals surface area contributed by atoms with Crippen molar-refractivity contribution in [2.24, 2.45) is 11.8 Å². The number of aromatic nitrogens is 6.